The van der Waals surface area contributed by atoms with E-state index < -0.39 is 22.7 Å². The molecule has 0 unspecified atom stereocenters. The topological polar surface area (TPSA) is 84.4 Å². The molecule has 10 heteroatoms. The molecule has 3 atom stereocenters. The van der Waals surface area contributed by atoms with Crippen LogP contribution in [0.5, 0.6) is 0 Å². The first kappa shape index (κ1) is 26.3. The summed E-state index contributed by atoms with van der Waals surface area (Å²) < 4.78 is 35.6. The van der Waals surface area contributed by atoms with Crippen LogP contribution in [-0.4, -0.2) is 50.0 Å². The predicted molar refractivity (Wildman–Crippen MR) is 136 cm³/mol. The van der Waals surface area contributed by atoms with Gasteiger partial charge in [0.2, 0.25) is 0 Å². The number of anilines is 1. The SMILES string of the molecule is CC(C)(C)[Si](C)(C)OC[C@H]1O[C@@H](n2ccc3c(N)nc(F)nc32)C[C@@H]1O[Si](C)(C)C(C)(C)C. The molecule has 2 aromatic heterocycles. The van der Waals surface area contributed by atoms with Gasteiger partial charge in [0, 0.05) is 12.6 Å². The fraction of sp³-hybridized carbons (Fsp3) is 0.739. The highest BCUT2D eigenvalue weighted by atomic mass is 28.4. The van der Waals surface area contributed by atoms with Gasteiger partial charge in [-0.3, -0.25) is 0 Å². The van der Waals surface area contributed by atoms with Gasteiger partial charge in [0.15, 0.2) is 22.3 Å². The number of nitrogens with zero attached hydrogens (tertiary/aromatic N) is 3. The molecule has 0 spiro atoms. The Morgan fingerprint density at radius 1 is 1.09 bits per heavy atom. The summed E-state index contributed by atoms with van der Waals surface area (Å²) in [4.78, 5) is 7.63. The summed E-state index contributed by atoms with van der Waals surface area (Å²) in [5, 5.41) is 0.785. The Morgan fingerprint density at radius 3 is 2.27 bits per heavy atom. The second-order valence-electron chi connectivity index (χ2n) is 12.2. The van der Waals surface area contributed by atoms with Gasteiger partial charge in [-0.15, -0.1) is 0 Å². The van der Waals surface area contributed by atoms with Crippen molar-refractivity contribution in [3.63, 3.8) is 0 Å². The minimum atomic E-state index is -2.05. The number of nitrogen functional groups attached to an aromatic ring is 1. The van der Waals surface area contributed by atoms with Crippen LogP contribution >= 0.6 is 0 Å². The van der Waals surface area contributed by atoms with Crippen LogP contribution in [0.1, 0.15) is 54.2 Å². The Kier molecular flexibility index (Phi) is 6.93. The molecule has 2 aromatic rings. The number of halogens is 1. The summed E-state index contributed by atoms with van der Waals surface area (Å²) in [6.07, 6.45) is 0.929. The largest absolute Gasteiger partial charge is 0.414 e. The lowest BCUT2D eigenvalue weighted by atomic mass is 10.2. The Labute approximate surface area is 199 Å². The molecule has 3 heterocycles. The van der Waals surface area contributed by atoms with Crippen LogP contribution in [0.4, 0.5) is 10.2 Å². The summed E-state index contributed by atoms with van der Waals surface area (Å²) in [6.45, 7) is 22.8. The Morgan fingerprint density at radius 2 is 1.70 bits per heavy atom. The molecule has 1 aliphatic rings. The Balaban J connectivity index is 1.90. The average Bonchev–Trinajstić information content (AvgIpc) is 3.21. The quantitative estimate of drug-likeness (QED) is 0.399. The normalized spacial score (nSPS) is 22.9. The lowest BCUT2D eigenvalue weighted by Crippen LogP contribution is -2.48. The number of hydrogen-bond donors (Lipinski definition) is 1. The van der Waals surface area contributed by atoms with E-state index in [1.165, 1.54) is 0 Å². The van der Waals surface area contributed by atoms with Crippen molar-refractivity contribution >= 4 is 33.5 Å². The van der Waals surface area contributed by atoms with E-state index in [2.05, 4.69) is 77.7 Å². The van der Waals surface area contributed by atoms with Crippen molar-refractivity contribution in [2.75, 3.05) is 12.3 Å². The lowest BCUT2D eigenvalue weighted by molar-refractivity contribution is -0.0382. The number of hydrogen-bond acceptors (Lipinski definition) is 6. The van der Waals surface area contributed by atoms with Crippen molar-refractivity contribution in [2.24, 2.45) is 0 Å². The first-order valence-electron chi connectivity index (χ1n) is 11.7. The standard InChI is InChI=1S/C23H41FN4O3Si2/c1-22(2,3)32(7,8)29-14-17-16(31-33(9,10)23(4,5)6)13-18(30-17)28-12-11-15-19(25)26-21(24)27-20(15)28/h11-12,16-18H,13-14H2,1-10H3,(H2,25,26,27)/t16-,17+,18+/m0/s1. The van der Waals surface area contributed by atoms with Gasteiger partial charge in [0.25, 0.3) is 0 Å². The van der Waals surface area contributed by atoms with Gasteiger partial charge in [-0.25, -0.2) is 0 Å². The molecule has 0 aromatic carbocycles. The third kappa shape index (κ3) is 5.34. The van der Waals surface area contributed by atoms with Crippen LogP contribution in [0.15, 0.2) is 12.3 Å². The van der Waals surface area contributed by atoms with Crippen LogP contribution in [0, 0.1) is 6.08 Å². The molecule has 1 aliphatic heterocycles. The zero-order valence-corrected chi connectivity index (χ0v) is 23.8. The van der Waals surface area contributed by atoms with Crippen LogP contribution < -0.4 is 5.73 Å². The number of rotatable bonds is 6. The molecule has 3 rings (SSSR count). The van der Waals surface area contributed by atoms with E-state index in [-0.39, 0.29) is 34.3 Å². The molecule has 0 amide bonds. The first-order chi connectivity index (χ1) is 14.9. The summed E-state index contributed by atoms with van der Waals surface area (Å²) in [6, 6.07) is 1.80. The maximum absolute atomic E-state index is 13.9. The molecule has 2 N–H and O–H groups in total. The maximum atomic E-state index is 13.9. The van der Waals surface area contributed by atoms with Crippen molar-refractivity contribution in [3.8, 4) is 0 Å². The molecule has 186 valence electrons. The monoisotopic (exact) mass is 496 g/mol. The van der Waals surface area contributed by atoms with Gasteiger partial charge >= 0.3 is 6.08 Å². The Bertz CT molecular complexity index is 998. The fourth-order valence-electron chi connectivity index (χ4n) is 3.47. The summed E-state index contributed by atoms with van der Waals surface area (Å²) in [5.74, 6) is 0.126. The molecular formula is C23H41FN4O3Si2. The van der Waals surface area contributed by atoms with E-state index in [1.807, 2.05) is 10.8 Å². The predicted octanol–water partition coefficient (Wildman–Crippen LogP) is 5.85. The molecule has 1 saturated heterocycles. The van der Waals surface area contributed by atoms with Crippen LogP contribution in [0.3, 0.4) is 0 Å². The van der Waals surface area contributed by atoms with Crippen molar-refractivity contribution < 1.29 is 18.0 Å². The van der Waals surface area contributed by atoms with Crippen LogP contribution in [-0.2, 0) is 13.6 Å². The molecule has 33 heavy (non-hydrogen) atoms. The minimum Gasteiger partial charge on any atom is -0.414 e. The Hall–Kier alpha value is -1.34. The minimum absolute atomic E-state index is 0.0703. The first-order valence-corrected chi connectivity index (χ1v) is 17.5. The fourth-order valence-corrected chi connectivity index (χ4v) is 5.84. The lowest BCUT2D eigenvalue weighted by Gasteiger charge is -2.40. The van der Waals surface area contributed by atoms with Crippen molar-refractivity contribution in [3.05, 3.63) is 18.3 Å². The highest BCUT2D eigenvalue weighted by Crippen LogP contribution is 2.43. The molecule has 1 fully saturated rings. The summed E-state index contributed by atoms with van der Waals surface area (Å²) in [5.41, 5.74) is 6.34. The number of fused-ring (bicyclic) bond motifs is 1. The van der Waals surface area contributed by atoms with Gasteiger partial charge in [-0.2, -0.15) is 14.4 Å². The zero-order valence-electron chi connectivity index (χ0n) is 21.8. The second kappa shape index (κ2) is 8.71. The van der Waals surface area contributed by atoms with E-state index in [0.717, 1.165) is 0 Å². The molecule has 0 saturated carbocycles. The molecular weight excluding hydrogens is 455 g/mol. The van der Waals surface area contributed by atoms with Crippen LogP contribution in [0.2, 0.25) is 36.3 Å². The summed E-state index contributed by atoms with van der Waals surface area (Å²) >= 11 is 0. The third-order valence-electron chi connectivity index (χ3n) is 7.73. The zero-order chi connectivity index (χ0) is 25.0. The van der Waals surface area contributed by atoms with Gasteiger partial charge in [0.1, 0.15) is 18.1 Å². The van der Waals surface area contributed by atoms with Crippen molar-refractivity contribution in [1.29, 1.82) is 0 Å². The van der Waals surface area contributed by atoms with E-state index in [1.54, 1.807) is 6.07 Å². The molecule has 0 aliphatic carbocycles. The summed E-state index contributed by atoms with van der Waals surface area (Å²) in [7, 11) is -4.01. The van der Waals surface area contributed by atoms with Crippen molar-refractivity contribution in [2.45, 2.75) is 103 Å². The van der Waals surface area contributed by atoms with E-state index in [4.69, 9.17) is 19.3 Å². The van der Waals surface area contributed by atoms with E-state index in [0.29, 0.717) is 24.1 Å². The molecule has 0 radical (unpaired) electrons. The van der Waals surface area contributed by atoms with Crippen LogP contribution in [0.25, 0.3) is 11.0 Å². The highest BCUT2D eigenvalue weighted by molar-refractivity contribution is 6.74. The third-order valence-corrected chi connectivity index (χ3v) is 16.7. The van der Waals surface area contributed by atoms with Gasteiger partial charge in [-0.05, 0) is 42.3 Å². The van der Waals surface area contributed by atoms with Gasteiger partial charge in [-0.1, -0.05) is 41.5 Å². The number of aromatic nitrogens is 3. The number of nitrogens with two attached hydrogens (primary N) is 1. The van der Waals surface area contributed by atoms with Gasteiger partial charge in [0.05, 0.1) is 18.1 Å². The highest BCUT2D eigenvalue weighted by Gasteiger charge is 2.46. The van der Waals surface area contributed by atoms with Crippen molar-refractivity contribution in [1.82, 2.24) is 14.5 Å². The van der Waals surface area contributed by atoms with E-state index in [9.17, 15) is 4.39 Å². The maximum Gasteiger partial charge on any atom is 0.312 e. The van der Waals surface area contributed by atoms with E-state index >= 15 is 0 Å². The second-order valence-corrected chi connectivity index (χ2v) is 21.8. The molecule has 0 bridgehead atoms. The average molecular weight is 497 g/mol. The molecule has 7 nitrogen and oxygen atoms in total. The van der Waals surface area contributed by atoms with Gasteiger partial charge < -0.3 is 23.9 Å². The number of ether oxygens (including phenoxy) is 1. The smallest absolute Gasteiger partial charge is 0.312 e.